The Hall–Kier alpha value is -2.44. The van der Waals surface area contributed by atoms with Gasteiger partial charge in [0.2, 0.25) is 0 Å². The van der Waals surface area contributed by atoms with E-state index in [4.69, 9.17) is 18.9 Å². The average Bonchev–Trinajstić information content (AvgIpc) is 2.79. The molecule has 0 heterocycles. The molecule has 0 spiro atoms. The number of methoxy groups -OCH3 is 2. The van der Waals surface area contributed by atoms with E-state index in [1.165, 1.54) is 0 Å². The molecule has 0 N–H and O–H groups in total. The van der Waals surface area contributed by atoms with Crippen molar-refractivity contribution in [1.82, 2.24) is 0 Å². The average molecular weight is 553 g/mol. The van der Waals surface area contributed by atoms with Gasteiger partial charge in [0.15, 0.2) is 0 Å². The Bertz CT molecular complexity index is 739. The third-order valence-corrected chi connectivity index (χ3v) is 4.42. The van der Waals surface area contributed by atoms with Crippen LogP contribution >= 0.6 is 0 Å². The molecule has 0 aliphatic carbocycles. The molecule has 0 radical (unpaired) electrons. The molecule has 9 heteroatoms. The number of hydrogen-bond acceptors (Lipinski definition) is 8. The second-order valence-electron chi connectivity index (χ2n) is 6.63. The molecule has 0 fully saturated rings. The number of carbonyl (C=O) groups excluding carboxylic acids is 2. The van der Waals surface area contributed by atoms with Gasteiger partial charge in [-0.15, -0.1) is 0 Å². The molecule has 0 saturated heterocycles. The molecule has 0 aromatic heterocycles. The number of carboxylic acids is 2. The molecule has 8 nitrogen and oxygen atoms in total. The van der Waals surface area contributed by atoms with Crippen molar-refractivity contribution in [2.24, 2.45) is 0 Å². The Kier molecular flexibility index (Phi) is 15.8. The minimum Gasteiger partial charge on any atom is -0.547 e. The largest absolute Gasteiger partial charge is 2.00 e. The summed E-state index contributed by atoms with van der Waals surface area (Å²) in [6, 6.07) is 14.4. The molecular formula is C24H30O8Pd. The molecular weight excluding hydrogens is 523 g/mol. The molecule has 2 rings (SSSR count). The Balaban J connectivity index is 0.000000602. The van der Waals surface area contributed by atoms with Crippen LogP contribution < -0.4 is 19.7 Å². The third-order valence-electron chi connectivity index (χ3n) is 4.42. The van der Waals surface area contributed by atoms with Gasteiger partial charge < -0.3 is 38.7 Å². The zero-order valence-corrected chi connectivity index (χ0v) is 20.7. The maximum atomic E-state index is 10.8. The van der Waals surface area contributed by atoms with Crippen LogP contribution in [0.2, 0.25) is 0 Å². The normalized spacial score (nSPS) is 11.8. The minimum absolute atomic E-state index is 0. The maximum Gasteiger partial charge on any atom is 2.00 e. The van der Waals surface area contributed by atoms with Gasteiger partial charge in [-0.1, -0.05) is 24.3 Å². The number of benzene rings is 2. The van der Waals surface area contributed by atoms with Crippen LogP contribution in [0.15, 0.2) is 48.5 Å². The van der Waals surface area contributed by atoms with Crippen LogP contribution in [0.3, 0.4) is 0 Å². The van der Waals surface area contributed by atoms with Crippen molar-refractivity contribution < 1.29 is 59.2 Å². The first-order valence-corrected chi connectivity index (χ1v) is 10.2. The Morgan fingerprint density at radius 3 is 1.21 bits per heavy atom. The van der Waals surface area contributed by atoms with Crippen molar-refractivity contribution in [3.8, 4) is 11.5 Å². The molecule has 2 aromatic carbocycles. The Labute approximate surface area is 208 Å². The van der Waals surface area contributed by atoms with E-state index in [-0.39, 0.29) is 20.4 Å². The standard InChI is InChI=1S/2C12H16O4.Pd/c2*1-3-16-11(12(13)14)8-9-4-6-10(15-2)7-5-9;/h2*4-7,11H,3,8H2,1-2H3,(H,13,14);/q;;+2/p-2. The number of carboxylic acid groups (broad SMARTS) is 2. The summed E-state index contributed by atoms with van der Waals surface area (Å²) >= 11 is 0. The first-order chi connectivity index (χ1) is 15.3. The van der Waals surface area contributed by atoms with Gasteiger partial charge in [-0.3, -0.25) is 0 Å². The molecule has 184 valence electrons. The Morgan fingerprint density at radius 2 is 1.00 bits per heavy atom. The second-order valence-corrected chi connectivity index (χ2v) is 6.63. The van der Waals surface area contributed by atoms with Crippen molar-refractivity contribution in [3.63, 3.8) is 0 Å². The van der Waals surface area contributed by atoms with E-state index in [1.807, 2.05) is 24.3 Å². The van der Waals surface area contributed by atoms with Crippen LogP contribution in [0, 0.1) is 0 Å². The van der Waals surface area contributed by atoms with Crippen molar-refractivity contribution in [1.29, 1.82) is 0 Å². The van der Waals surface area contributed by atoms with Crippen LogP contribution in [-0.2, 0) is 52.3 Å². The summed E-state index contributed by atoms with van der Waals surface area (Å²) in [6.07, 6.45) is -1.17. The van der Waals surface area contributed by atoms with E-state index < -0.39 is 24.1 Å². The molecule has 0 aliphatic heterocycles. The molecule has 2 aromatic rings. The van der Waals surface area contributed by atoms with Crippen molar-refractivity contribution in [3.05, 3.63) is 59.7 Å². The summed E-state index contributed by atoms with van der Waals surface area (Å²) in [7, 11) is 3.17. The summed E-state index contributed by atoms with van der Waals surface area (Å²) in [5.41, 5.74) is 1.76. The topological polar surface area (TPSA) is 117 Å². The predicted molar refractivity (Wildman–Crippen MR) is 114 cm³/mol. The fraction of sp³-hybridized carbons (Fsp3) is 0.417. The van der Waals surface area contributed by atoms with Crippen LogP contribution in [0.5, 0.6) is 11.5 Å². The van der Waals surface area contributed by atoms with Crippen LogP contribution in [0.4, 0.5) is 0 Å². The smallest absolute Gasteiger partial charge is 0.547 e. The zero-order chi connectivity index (χ0) is 23.9. The van der Waals surface area contributed by atoms with E-state index in [1.54, 1.807) is 52.3 Å². The maximum absolute atomic E-state index is 10.8. The SMILES string of the molecule is CCOC(Cc1ccc(OC)cc1)C(=O)[O-].CCOC(Cc1ccc(OC)cc1)C(=O)[O-].[Pd+2]. The number of rotatable bonds is 12. The molecule has 0 bridgehead atoms. The van der Waals surface area contributed by atoms with Gasteiger partial charge >= 0.3 is 20.4 Å². The molecule has 0 aliphatic rings. The van der Waals surface area contributed by atoms with Crippen LogP contribution in [0.25, 0.3) is 0 Å². The summed E-state index contributed by atoms with van der Waals surface area (Å²) in [4.78, 5) is 21.5. The monoisotopic (exact) mass is 552 g/mol. The van der Waals surface area contributed by atoms with Crippen molar-refractivity contribution in [2.45, 2.75) is 38.9 Å². The van der Waals surface area contributed by atoms with Gasteiger partial charge in [0.05, 0.1) is 26.2 Å². The summed E-state index contributed by atoms with van der Waals surface area (Å²) in [6.45, 7) is 4.22. The van der Waals surface area contributed by atoms with Crippen LogP contribution in [-0.4, -0.2) is 51.6 Å². The number of aliphatic carboxylic acids is 2. The predicted octanol–water partition coefficient (Wildman–Crippen LogP) is 0.783. The summed E-state index contributed by atoms with van der Waals surface area (Å²) in [5.74, 6) is -0.884. The van der Waals surface area contributed by atoms with Gasteiger partial charge in [0.25, 0.3) is 0 Å². The molecule has 0 amide bonds. The van der Waals surface area contributed by atoms with Gasteiger partial charge in [-0.25, -0.2) is 0 Å². The molecule has 2 atom stereocenters. The summed E-state index contributed by atoms with van der Waals surface area (Å²) < 4.78 is 20.2. The Morgan fingerprint density at radius 1 is 0.697 bits per heavy atom. The molecule has 2 unspecified atom stereocenters. The van der Waals surface area contributed by atoms with Crippen molar-refractivity contribution in [2.75, 3.05) is 27.4 Å². The fourth-order valence-corrected chi connectivity index (χ4v) is 2.77. The van der Waals surface area contributed by atoms with Gasteiger partial charge in [-0.05, 0) is 49.2 Å². The summed E-state index contributed by atoms with van der Waals surface area (Å²) in [5, 5.41) is 21.5. The first kappa shape index (κ1) is 30.6. The van der Waals surface area contributed by atoms with E-state index in [9.17, 15) is 19.8 Å². The van der Waals surface area contributed by atoms with E-state index in [0.717, 1.165) is 22.6 Å². The quantitative estimate of drug-likeness (QED) is 0.355. The van der Waals surface area contributed by atoms with Gasteiger partial charge in [0.1, 0.15) is 23.7 Å². The third kappa shape index (κ3) is 11.8. The van der Waals surface area contributed by atoms with E-state index in [2.05, 4.69) is 0 Å². The van der Waals surface area contributed by atoms with E-state index >= 15 is 0 Å². The molecule has 0 saturated carbocycles. The molecule has 33 heavy (non-hydrogen) atoms. The van der Waals surface area contributed by atoms with Gasteiger partial charge in [-0.2, -0.15) is 0 Å². The minimum atomic E-state index is -1.18. The fourth-order valence-electron chi connectivity index (χ4n) is 2.77. The first-order valence-electron chi connectivity index (χ1n) is 10.2. The number of hydrogen-bond donors (Lipinski definition) is 0. The number of ether oxygens (including phenoxy) is 4. The van der Waals surface area contributed by atoms with Gasteiger partial charge in [0, 0.05) is 26.1 Å². The number of carbonyl (C=O) groups is 2. The zero-order valence-electron chi connectivity index (χ0n) is 19.2. The second kappa shape index (κ2) is 17.1. The van der Waals surface area contributed by atoms with E-state index in [0.29, 0.717) is 26.1 Å². The van der Waals surface area contributed by atoms with Crippen LogP contribution in [0.1, 0.15) is 25.0 Å². The van der Waals surface area contributed by atoms with Crippen molar-refractivity contribution >= 4 is 11.9 Å².